The van der Waals surface area contributed by atoms with E-state index in [0.29, 0.717) is 0 Å². The molecule has 0 rings (SSSR count). The number of hydrogen-bond donors (Lipinski definition) is 1. The van der Waals surface area contributed by atoms with Gasteiger partial charge < -0.3 is 5.73 Å². The van der Waals surface area contributed by atoms with E-state index in [1.807, 2.05) is 0 Å². The molecular weight excluding hydrogens is 278 g/mol. The highest BCUT2D eigenvalue weighted by Crippen LogP contribution is 2.30. The van der Waals surface area contributed by atoms with Crippen molar-refractivity contribution in [2.24, 2.45) is 11.7 Å². The van der Waals surface area contributed by atoms with Crippen molar-refractivity contribution in [2.75, 3.05) is 0 Å². The second-order valence-electron chi connectivity index (χ2n) is 7.72. The standard InChI is InChI=1S/C22H47N/c1-5-9-10-11-12-13-14-15-16-17-18-19-20-21(6-2)22(23,7-3)8-4/h21H,5-20,23H2,1-4H3. The van der Waals surface area contributed by atoms with Gasteiger partial charge >= 0.3 is 0 Å². The van der Waals surface area contributed by atoms with Gasteiger partial charge in [0.25, 0.3) is 0 Å². The molecule has 0 saturated heterocycles. The normalized spacial score (nSPS) is 13.4. The van der Waals surface area contributed by atoms with Crippen LogP contribution < -0.4 is 5.73 Å². The summed E-state index contributed by atoms with van der Waals surface area (Å²) in [4.78, 5) is 0. The summed E-state index contributed by atoms with van der Waals surface area (Å²) in [5, 5.41) is 0. The van der Waals surface area contributed by atoms with Crippen LogP contribution in [0, 0.1) is 5.92 Å². The van der Waals surface area contributed by atoms with E-state index in [4.69, 9.17) is 5.73 Å². The molecule has 0 aromatic carbocycles. The molecule has 0 saturated carbocycles. The zero-order valence-electron chi connectivity index (χ0n) is 17.0. The van der Waals surface area contributed by atoms with E-state index in [9.17, 15) is 0 Å². The Hall–Kier alpha value is -0.0400. The Labute approximate surface area is 148 Å². The van der Waals surface area contributed by atoms with E-state index in [0.717, 1.165) is 18.8 Å². The maximum absolute atomic E-state index is 6.59. The molecule has 0 spiro atoms. The average Bonchev–Trinajstić information content (AvgIpc) is 2.58. The number of unbranched alkanes of at least 4 members (excludes halogenated alkanes) is 11. The summed E-state index contributed by atoms with van der Waals surface area (Å²) < 4.78 is 0. The minimum atomic E-state index is 0.0898. The molecule has 0 fully saturated rings. The fourth-order valence-electron chi connectivity index (χ4n) is 3.96. The minimum Gasteiger partial charge on any atom is -0.325 e. The molecule has 2 N–H and O–H groups in total. The van der Waals surface area contributed by atoms with Crippen molar-refractivity contribution in [3.05, 3.63) is 0 Å². The summed E-state index contributed by atoms with van der Waals surface area (Å²) in [6.07, 6.45) is 22.1. The highest BCUT2D eigenvalue weighted by atomic mass is 14.7. The molecule has 0 aliphatic rings. The van der Waals surface area contributed by atoms with E-state index in [1.54, 1.807) is 0 Å². The molecular formula is C22H47N. The van der Waals surface area contributed by atoms with Crippen molar-refractivity contribution < 1.29 is 0 Å². The lowest BCUT2D eigenvalue weighted by Gasteiger charge is -2.36. The molecule has 23 heavy (non-hydrogen) atoms. The van der Waals surface area contributed by atoms with Crippen molar-refractivity contribution in [2.45, 2.75) is 136 Å². The van der Waals surface area contributed by atoms with E-state index < -0.39 is 0 Å². The highest BCUT2D eigenvalue weighted by molar-refractivity contribution is 4.88. The fourth-order valence-corrected chi connectivity index (χ4v) is 3.96. The summed E-state index contributed by atoms with van der Waals surface area (Å²) >= 11 is 0. The van der Waals surface area contributed by atoms with E-state index in [2.05, 4.69) is 27.7 Å². The molecule has 0 heterocycles. The van der Waals surface area contributed by atoms with Crippen molar-refractivity contribution >= 4 is 0 Å². The van der Waals surface area contributed by atoms with Gasteiger partial charge in [0.1, 0.15) is 0 Å². The zero-order valence-corrected chi connectivity index (χ0v) is 17.0. The monoisotopic (exact) mass is 325 g/mol. The van der Waals surface area contributed by atoms with Crippen LogP contribution in [0.4, 0.5) is 0 Å². The molecule has 1 heteroatoms. The maximum atomic E-state index is 6.59. The molecule has 0 aliphatic carbocycles. The van der Waals surface area contributed by atoms with E-state index in [1.165, 1.54) is 89.9 Å². The van der Waals surface area contributed by atoms with Crippen LogP contribution in [0.1, 0.15) is 130 Å². The SMILES string of the molecule is CCCCCCCCCCCCCCC(CC)C(N)(CC)CC. The topological polar surface area (TPSA) is 26.0 Å². The molecule has 1 unspecified atom stereocenters. The van der Waals surface area contributed by atoms with Gasteiger partial charge in [-0.05, 0) is 25.2 Å². The van der Waals surface area contributed by atoms with Gasteiger partial charge in [0.15, 0.2) is 0 Å². The highest BCUT2D eigenvalue weighted by Gasteiger charge is 2.29. The van der Waals surface area contributed by atoms with Crippen LogP contribution >= 0.6 is 0 Å². The third-order valence-corrected chi connectivity index (χ3v) is 6.03. The number of hydrogen-bond acceptors (Lipinski definition) is 1. The first-order chi connectivity index (χ1) is 11.1. The number of nitrogens with two attached hydrogens (primary N) is 1. The average molecular weight is 326 g/mol. The second kappa shape index (κ2) is 15.5. The zero-order chi connectivity index (χ0) is 17.4. The predicted octanol–water partition coefficient (Wildman–Crippen LogP) is 7.62. The van der Waals surface area contributed by atoms with Gasteiger partial charge in [-0.3, -0.25) is 0 Å². The fraction of sp³-hybridized carbons (Fsp3) is 1.00. The first-order valence-corrected chi connectivity index (χ1v) is 10.9. The van der Waals surface area contributed by atoms with Crippen LogP contribution in [0.25, 0.3) is 0 Å². The molecule has 140 valence electrons. The first-order valence-electron chi connectivity index (χ1n) is 10.9. The third kappa shape index (κ3) is 11.2. The van der Waals surface area contributed by atoms with E-state index in [-0.39, 0.29) is 5.54 Å². The van der Waals surface area contributed by atoms with Crippen LogP contribution in [0.5, 0.6) is 0 Å². The Morgan fingerprint density at radius 1 is 0.609 bits per heavy atom. The van der Waals surface area contributed by atoms with Crippen LogP contribution in [-0.2, 0) is 0 Å². The molecule has 0 aromatic rings. The molecule has 0 radical (unpaired) electrons. The van der Waals surface area contributed by atoms with Gasteiger partial charge in [-0.2, -0.15) is 0 Å². The summed E-state index contributed by atoms with van der Waals surface area (Å²) in [5.41, 5.74) is 6.68. The van der Waals surface area contributed by atoms with Crippen LogP contribution in [0.2, 0.25) is 0 Å². The lowest BCUT2D eigenvalue weighted by Crippen LogP contribution is -2.45. The Morgan fingerprint density at radius 3 is 1.35 bits per heavy atom. The van der Waals surface area contributed by atoms with Crippen molar-refractivity contribution in [1.29, 1.82) is 0 Å². The largest absolute Gasteiger partial charge is 0.325 e. The molecule has 0 bridgehead atoms. The van der Waals surface area contributed by atoms with Gasteiger partial charge in [0.2, 0.25) is 0 Å². The van der Waals surface area contributed by atoms with Crippen LogP contribution in [0.15, 0.2) is 0 Å². The smallest absolute Gasteiger partial charge is 0.0177 e. The summed E-state index contributed by atoms with van der Waals surface area (Å²) in [5.74, 6) is 0.723. The van der Waals surface area contributed by atoms with Gasteiger partial charge in [-0.1, -0.05) is 111 Å². The van der Waals surface area contributed by atoms with Crippen LogP contribution in [-0.4, -0.2) is 5.54 Å². The molecule has 0 aliphatic heterocycles. The molecule has 0 aromatic heterocycles. The third-order valence-electron chi connectivity index (χ3n) is 6.03. The quantitative estimate of drug-likeness (QED) is 0.273. The van der Waals surface area contributed by atoms with E-state index >= 15 is 0 Å². The summed E-state index contributed by atoms with van der Waals surface area (Å²) in [6, 6.07) is 0. The minimum absolute atomic E-state index is 0.0898. The lowest BCUT2D eigenvalue weighted by molar-refractivity contribution is 0.225. The predicted molar refractivity (Wildman–Crippen MR) is 107 cm³/mol. The van der Waals surface area contributed by atoms with Gasteiger partial charge in [-0.25, -0.2) is 0 Å². The van der Waals surface area contributed by atoms with Gasteiger partial charge in [0, 0.05) is 5.54 Å². The summed E-state index contributed by atoms with van der Waals surface area (Å²) in [6.45, 7) is 9.13. The first kappa shape index (κ1) is 23.0. The van der Waals surface area contributed by atoms with Crippen molar-refractivity contribution in [3.8, 4) is 0 Å². The van der Waals surface area contributed by atoms with Crippen molar-refractivity contribution in [3.63, 3.8) is 0 Å². The Bertz CT molecular complexity index is 232. The second-order valence-corrected chi connectivity index (χ2v) is 7.72. The Kier molecular flexibility index (Phi) is 15.5. The van der Waals surface area contributed by atoms with Gasteiger partial charge in [0.05, 0.1) is 0 Å². The van der Waals surface area contributed by atoms with Crippen molar-refractivity contribution in [1.82, 2.24) is 0 Å². The lowest BCUT2D eigenvalue weighted by atomic mass is 9.76. The Morgan fingerprint density at radius 2 is 1.00 bits per heavy atom. The van der Waals surface area contributed by atoms with Crippen LogP contribution in [0.3, 0.4) is 0 Å². The molecule has 1 atom stereocenters. The molecule has 1 nitrogen and oxygen atoms in total. The number of rotatable bonds is 17. The Balaban J connectivity index is 3.47. The maximum Gasteiger partial charge on any atom is 0.0177 e. The van der Waals surface area contributed by atoms with Gasteiger partial charge in [-0.15, -0.1) is 0 Å². The molecule has 0 amide bonds. The summed E-state index contributed by atoms with van der Waals surface area (Å²) in [7, 11) is 0.